The molecule has 6 heteroatoms. The molecule has 3 heterocycles. The van der Waals surface area contributed by atoms with Crippen molar-refractivity contribution in [3.8, 4) is 10.8 Å². The monoisotopic (exact) mass is 302 g/mol. The van der Waals surface area contributed by atoms with Crippen LogP contribution in [0.3, 0.4) is 0 Å². The molecule has 108 valence electrons. The summed E-state index contributed by atoms with van der Waals surface area (Å²) in [7, 11) is 1.74. The van der Waals surface area contributed by atoms with Gasteiger partial charge in [0.1, 0.15) is 11.5 Å². The fourth-order valence-electron chi connectivity index (χ4n) is 1.96. The van der Waals surface area contributed by atoms with Crippen molar-refractivity contribution in [2.75, 3.05) is 7.05 Å². The summed E-state index contributed by atoms with van der Waals surface area (Å²) in [4.78, 5) is 18.4. The molecule has 5 nitrogen and oxygen atoms in total. The van der Waals surface area contributed by atoms with E-state index in [-0.39, 0.29) is 11.9 Å². The zero-order chi connectivity index (χ0) is 14.8. The van der Waals surface area contributed by atoms with Gasteiger partial charge in [-0.25, -0.2) is 4.98 Å². The van der Waals surface area contributed by atoms with Crippen molar-refractivity contribution in [3.63, 3.8) is 0 Å². The van der Waals surface area contributed by atoms with Crippen LogP contribution in [-0.4, -0.2) is 22.8 Å². The minimum atomic E-state index is -0.152. The van der Waals surface area contributed by atoms with Crippen LogP contribution in [-0.2, 0) is 0 Å². The van der Waals surface area contributed by atoms with Gasteiger partial charge in [-0.2, -0.15) is 0 Å². The predicted molar refractivity (Wildman–Crippen MR) is 79.0 cm³/mol. The number of rotatable bonds is 4. The lowest BCUT2D eigenvalue weighted by Gasteiger charge is -2.22. The molecular weight excluding hydrogens is 288 g/mol. The van der Waals surface area contributed by atoms with E-state index >= 15 is 0 Å². The van der Waals surface area contributed by atoms with Gasteiger partial charge in [0.2, 0.25) is 0 Å². The molecule has 1 amide bonds. The normalized spacial score (nSPS) is 12.3. The molecular formula is C15H14N2O3S. The second kappa shape index (κ2) is 5.57. The van der Waals surface area contributed by atoms with Crippen LogP contribution in [0.4, 0.5) is 0 Å². The maximum absolute atomic E-state index is 12.5. The number of nitrogens with zero attached hydrogens (tertiary/aromatic N) is 2. The Balaban J connectivity index is 1.79. The Morgan fingerprint density at radius 3 is 2.71 bits per heavy atom. The van der Waals surface area contributed by atoms with Crippen LogP contribution in [0.2, 0.25) is 0 Å². The van der Waals surface area contributed by atoms with Crippen molar-refractivity contribution in [1.29, 1.82) is 0 Å². The summed E-state index contributed by atoms with van der Waals surface area (Å²) in [5.41, 5.74) is 0.410. The van der Waals surface area contributed by atoms with E-state index < -0.39 is 0 Å². The molecule has 3 aromatic heterocycles. The molecule has 0 fully saturated rings. The van der Waals surface area contributed by atoms with Crippen LogP contribution >= 0.6 is 11.3 Å². The van der Waals surface area contributed by atoms with Gasteiger partial charge in [-0.1, -0.05) is 0 Å². The summed E-state index contributed by atoms with van der Waals surface area (Å²) in [5, 5.41) is 2.44. The van der Waals surface area contributed by atoms with Gasteiger partial charge in [0.25, 0.3) is 5.91 Å². The lowest BCUT2D eigenvalue weighted by Crippen LogP contribution is -2.29. The third kappa shape index (κ3) is 2.62. The maximum Gasteiger partial charge on any atom is 0.273 e. The molecule has 3 rings (SSSR count). The molecule has 0 aliphatic heterocycles. The van der Waals surface area contributed by atoms with E-state index in [1.54, 1.807) is 35.9 Å². The zero-order valence-corrected chi connectivity index (χ0v) is 12.5. The molecule has 0 N–H and O–H groups in total. The molecule has 0 aromatic carbocycles. The van der Waals surface area contributed by atoms with Gasteiger partial charge in [0, 0.05) is 12.4 Å². The summed E-state index contributed by atoms with van der Waals surface area (Å²) >= 11 is 1.39. The topological polar surface area (TPSA) is 59.5 Å². The Hall–Kier alpha value is -2.34. The van der Waals surface area contributed by atoms with Crippen LogP contribution in [0.5, 0.6) is 0 Å². The second-order valence-electron chi connectivity index (χ2n) is 4.62. The SMILES string of the molecule is CC(c1ccco1)N(C)C(=O)c1csc(-c2ccco2)n1. The summed E-state index contributed by atoms with van der Waals surface area (Å²) in [6.07, 6.45) is 3.19. The Bertz CT molecular complexity index is 716. The third-order valence-corrected chi connectivity index (χ3v) is 4.17. The highest BCUT2D eigenvalue weighted by Gasteiger charge is 2.23. The lowest BCUT2D eigenvalue weighted by atomic mass is 10.2. The Kier molecular flexibility index (Phi) is 3.62. The fourth-order valence-corrected chi connectivity index (χ4v) is 2.72. The highest BCUT2D eigenvalue weighted by atomic mass is 32.1. The summed E-state index contributed by atoms with van der Waals surface area (Å²) in [6, 6.07) is 7.12. The molecule has 0 radical (unpaired) electrons. The van der Waals surface area contributed by atoms with E-state index in [0.29, 0.717) is 16.5 Å². The molecule has 0 aliphatic rings. The number of carbonyl (C=O) groups excluding carboxylic acids is 1. The van der Waals surface area contributed by atoms with Crippen molar-refractivity contribution in [2.24, 2.45) is 0 Å². The molecule has 1 atom stereocenters. The third-order valence-electron chi connectivity index (χ3n) is 3.31. The number of hydrogen-bond acceptors (Lipinski definition) is 5. The molecule has 0 spiro atoms. The highest BCUT2D eigenvalue weighted by Crippen LogP contribution is 2.26. The smallest absolute Gasteiger partial charge is 0.273 e. The second-order valence-corrected chi connectivity index (χ2v) is 5.48. The van der Waals surface area contributed by atoms with Crippen molar-refractivity contribution < 1.29 is 13.6 Å². The lowest BCUT2D eigenvalue weighted by molar-refractivity contribution is 0.0721. The van der Waals surface area contributed by atoms with Crippen molar-refractivity contribution >= 4 is 17.2 Å². The van der Waals surface area contributed by atoms with E-state index in [2.05, 4.69) is 4.98 Å². The Labute approximate surface area is 125 Å². The quantitative estimate of drug-likeness (QED) is 0.735. The number of amides is 1. The van der Waals surface area contributed by atoms with Crippen LogP contribution in [0, 0.1) is 0 Å². The van der Waals surface area contributed by atoms with E-state index in [4.69, 9.17) is 8.83 Å². The van der Waals surface area contributed by atoms with Crippen molar-refractivity contribution in [2.45, 2.75) is 13.0 Å². The van der Waals surface area contributed by atoms with Gasteiger partial charge in [-0.15, -0.1) is 11.3 Å². The average Bonchev–Trinajstić information content (AvgIpc) is 3.26. The first kappa shape index (κ1) is 13.6. The molecule has 0 bridgehead atoms. The first-order valence-electron chi connectivity index (χ1n) is 6.47. The summed E-state index contributed by atoms with van der Waals surface area (Å²) in [5.74, 6) is 1.26. The molecule has 0 saturated carbocycles. The van der Waals surface area contributed by atoms with Crippen LogP contribution < -0.4 is 0 Å². The minimum Gasteiger partial charge on any atom is -0.467 e. The van der Waals surface area contributed by atoms with Crippen molar-refractivity contribution in [3.05, 3.63) is 53.6 Å². The molecule has 0 saturated heterocycles. The maximum atomic E-state index is 12.5. The molecule has 0 aliphatic carbocycles. The number of carbonyl (C=O) groups is 1. The standard InChI is InChI=1S/C15H14N2O3S/c1-10(12-5-3-7-19-12)17(2)15(18)11-9-21-14(16-11)13-6-4-8-20-13/h3-10H,1-2H3. The van der Waals surface area contributed by atoms with E-state index in [1.165, 1.54) is 11.3 Å². The van der Waals surface area contributed by atoms with Gasteiger partial charge in [-0.3, -0.25) is 4.79 Å². The Morgan fingerprint density at radius 2 is 2.05 bits per heavy atom. The molecule has 1 unspecified atom stereocenters. The number of thiazole rings is 1. The number of furan rings is 2. The van der Waals surface area contributed by atoms with Crippen LogP contribution in [0.15, 0.2) is 51.0 Å². The van der Waals surface area contributed by atoms with Gasteiger partial charge < -0.3 is 13.7 Å². The number of hydrogen-bond donors (Lipinski definition) is 0. The molecule has 21 heavy (non-hydrogen) atoms. The zero-order valence-electron chi connectivity index (χ0n) is 11.6. The molecule has 3 aromatic rings. The van der Waals surface area contributed by atoms with Crippen LogP contribution in [0.25, 0.3) is 10.8 Å². The highest BCUT2D eigenvalue weighted by molar-refractivity contribution is 7.13. The summed E-state index contributed by atoms with van der Waals surface area (Å²) in [6.45, 7) is 1.91. The average molecular weight is 302 g/mol. The van der Waals surface area contributed by atoms with Gasteiger partial charge in [0.15, 0.2) is 10.8 Å². The van der Waals surface area contributed by atoms with Gasteiger partial charge in [-0.05, 0) is 31.2 Å². The fraction of sp³-hybridized carbons (Fsp3) is 0.200. The first-order valence-corrected chi connectivity index (χ1v) is 7.34. The predicted octanol–water partition coefficient (Wildman–Crippen LogP) is 3.83. The summed E-state index contributed by atoms with van der Waals surface area (Å²) < 4.78 is 10.6. The van der Waals surface area contributed by atoms with E-state index in [0.717, 1.165) is 5.76 Å². The van der Waals surface area contributed by atoms with Gasteiger partial charge in [0.05, 0.1) is 18.6 Å². The first-order chi connectivity index (χ1) is 10.2. The van der Waals surface area contributed by atoms with Gasteiger partial charge >= 0.3 is 0 Å². The Morgan fingerprint density at radius 1 is 1.29 bits per heavy atom. The largest absolute Gasteiger partial charge is 0.467 e. The van der Waals surface area contributed by atoms with E-state index in [1.807, 2.05) is 25.1 Å². The van der Waals surface area contributed by atoms with E-state index in [9.17, 15) is 4.79 Å². The minimum absolute atomic E-state index is 0.145. The number of aromatic nitrogens is 1. The van der Waals surface area contributed by atoms with Crippen molar-refractivity contribution in [1.82, 2.24) is 9.88 Å². The van der Waals surface area contributed by atoms with Crippen LogP contribution in [0.1, 0.15) is 29.2 Å².